The van der Waals surface area contributed by atoms with Crippen LogP contribution in [0.1, 0.15) is 45.1 Å². The van der Waals surface area contributed by atoms with Gasteiger partial charge in [-0.3, -0.25) is 0 Å². The fourth-order valence-electron chi connectivity index (χ4n) is 2.21. The average molecular weight is 314 g/mol. The van der Waals surface area contributed by atoms with Crippen molar-refractivity contribution in [2.24, 2.45) is 0 Å². The number of rotatable bonds is 11. The summed E-state index contributed by atoms with van der Waals surface area (Å²) in [6, 6.07) is 10.3. The number of allylic oxidation sites excluding steroid dienone is 4. The van der Waals surface area contributed by atoms with E-state index in [1.54, 1.807) is 6.08 Å². The standard InChI is InChI=1S/C21H30O2/c1-19(10-5-4-8-16-22)11-9-12-20(2)15-17-23-18-21-13-6-3-7-14-21/h3-4,6-8,11,13-15,22H,5,9-10,12,16-18H2,1-2H3/b8-4+,19-11+,20-15+. The van der Waals surface area contributed by atoms with Crippen molar-refractivity contribution in [3.8, 4) is 0 Å². The van der Waals surface area contributed by atoms with Crippen molar-refractivity contribution >= 4 is 0 Å². The molecule has 1 aromatic carbocycles. The van der Waals surface area contributed by atoms with Gasteiger partial charge in [-0.2, -0.15) is 0 Å². The van der Waals surface area contributed by atoms with Crippen molar-refractivity contribution in [2.75, 3.05) is 13.2 Å². The van der Waals surface area contributed by atoms with Gasteiger partial charge in [0.2, 0.25) is 0 Å². The first-order valence-electron chi connectivity index (χ1n) is 8.41. The Morgan fingerprint density at radius 2 is 1.65 bits per heavy atom. The average Bonchev–Trinajstić information content (AvgIpc) is 2.56. The van der Waals surface area contributed by atoms with Gasteiger partial charge in [0.1, 0.15) is 0 Å². The van der Waals surface area contributed by atoms with Crippen LogP contribution in [0.5, 0.6) is 0 Å². The molecule has 0 bridgehead atoms. The second-order valence-corrected chi connectivity index (χ2v) is 5.83. The van der Waals surface area contributed by atoms with Crippen LogP contribution in [0.25, 0.3) is 0 Å². The number of hydrogen-bond donors (Lipinski definition) is 1. The Morgan fingerprint density at radius 3 is 2.39 bits per heavy atom. The first-order chi connectivity index (χ1) is 11.2. The maximum Gasteiger partial charge on any atom is 0.0721 e. The molecule has 0 aliphatic carbocycles. The lowest BCUT2D eigenvalue weighted by Crippen LogP contribution is -1.93. The van der Waals surface area contributed by atoms with Gasteiger partial charge in [-0.25, -0.2) is 0 Å². The van der Waals surface area contributed by atoms with Crippen LogP contribution in [0.2, 0.25) is 0 Å². The quantitative estimate of drug-likeness (QED) is 0.449. The van der Waals surface area contributed by atoms with Crippen LogP contribution in [0.15, 0.2) is 65.8 Å². The summed E-state index contributed by atoms with van der Waals surface area (Å²) in [6.45, 7) is 5.83. The fourth-order valence-corrected chi connectivity index (χ4v) is 2.21. The highest BCUT2D eigenvalue weighted by Gasteiger charge is 1.93. The van der Waals surface area contributed by atoms with E-state index in [1.165, 1.54) is 16.7 Å². The van der Waals surface area contributed by atoms with E-state index < -0.39 is 0 Å². The topological polar surface area (TPSA) is 29.5 Å². The molecule has 23 heavy (non-hydrogen) atoms. The zero-order chi connectivity index (χ0) is 16.8. The van der Waals surface area contributed by atoms with Crippen molar-refractivity contribution in [1.29, 1.82) is 0 Å². The predicted octanol–water partition coefficient (Wildman–Crippen LogP) is 5.20. The molecule has 1 N–H and O–H groups in total. The number of aliphatic hydroxyl groups excluding tert-OH is 1. The molecule has 0 heterocycles. The van der Waals surface area contributed by atoms with Crippen LogP contribution in [0, 0.1) is 0 Å². The van der Waals surface area contributed by atoms with Crippen molar-refractivity contribution in [3.05, 3.63) is 71.3 Å². The van der Waals surface area contributed by atoms with Gasteiger partial charge in [-0.15, -0.1) is 0 Å². The molecule has 0 aliphatic heterocycles. The molecular formula is C21H30O2. The summed E-state index contributed by atoms with van der Waals surface area (Å²) in [5.41, 5.74) is 4.01. The second kappa shape index (κ2) is 12.9. The van der Waals surface area contributed by atoms with Gasteiger partial charge in [-0.1, -0.05) is 65.8 Å². The molecule has 0 unspecified atom stereocenters. The van der Waals surface area contributed by atoms with E-state index >= 15 is 0 Å². The number of benzene rings is 1. The lowest BCUT2D eigenvalue weighted by Gasteiger charge is -2.03. The van der Waals surface area contributed by atoms with E-state index in [4.69, 9.17) is 9.84 Å². The summed E-state index contributed by atoms with van der Waals surface area (Å²) in [5, 5.41) is 8.67. The van der Waals surface area contributed by atoms with E-state index in [1.807, 2.05) is 24.3 Å². The van der Waals surface area contributed by atoms with Gasteiger partial charge < -0.3 is 9.84 Å². The minimum absolute atomic E-state index is 0.138. The van der Waals surface area contributed by atoms with Crippen molar-refractivity contribution < 1.29 is 9.84 Å². The molecular weight excluding hydrogens is 284 g/mol. The minimum Gasteiger partial charge on any atom is -0.392 e. The summed E-state index contributed by atoms with van der Waals surface area (Å²) >= 11 is 0. The first kappa shape index (κ1) is 19.4. The summed E-state index contributed by atoms with van der Waals surface area (Å²) in [5.74, 6) is 0. The lowest BCUT2D eigenvalue weighted by molar-refractivity contribution is 0.148. The SMILES string of the molecule is C/C(=C\CC/C(C)=C/COCc1ccccc1)CC/C=C/CO. The van der Waals surface area contributed by atoms with Crippen molar-refractivity contribution in [1.82, 2.24) is 0 Å². The number of ether oxygens (including phenoxy) is 1. The normalized spacial score (nSPS) is 13.0. The van der Waals surface area contributed by atoms with Gasteiger partial charge >= 0.3 is 0 Å². The third-order valence-corrected chi connectivity index (χ3v) is 3.67. The van der Waals surface area contributed by atoms with Crippen LogP contribution in [-0.2, 0) is 11.3 Å². The Labute approximate surface area is 141 Å². The highest BCUT2D eigenvalue weighted by Crippen LogP contribution is 2.10. The summed E-state index contributed by atoms with van der Waals surface area (Å²) in [6.07, 6.45) is 12.6. The Bertz CT molecular complexity index is 498. The number of aliphatic hydroxyl groups is 1. The molecule has 0 spiro atoms. The minimum atomic E-state index is 0.138. The molecule has 0 fully saturated rings. The first-order valence-corrected chi connectivity index (χ1v) is 8.41. The molecule has 0 atom stereocenters. The molecule has 2 nitrogen and oxygen atoms in total. The second-order valence-electron chi connectivity index (χ2n) is 5.83. The molecule has 0 aliphatic rings. The lowest BCUT2D eigenvalue weighted by atomic mass is 10.1. The van der Waals surface area contributed by atoms with Gasteiger partial charge in [-0.05, 0) is 45.1 Å². The molecule has 126 valence electrons. The molecule has 0 saturated carbocycles. The highest BCUT2D eigenvalue weighted by molar-refractivity contribution is 5.13. The zero-order valence-electron chi connectivity index (χ0n) is 14.5. The molecule has 1 aromatic rings. The van der Waals surface area contributed by atoms with E-state index in [0.717, 1.165) is 25.7 Å². The highest BCUT2D eigenvalue weighted by atomic mass is 16.5. The van der Waals surface area contributed by atoms with Gasteiger partial charge in [0.05, 0.1) is 19.8 Å². The molecule has 0 radical (unpaired) electrons. The van der Waals surface area contributed by atoms with Crippen molar-refractivity contribution in [2.45, 2.75) is 46.1 Å². The van der Waals surface area contributed by atoms with Crippen LogP contribution >= 0.6 is 0 Å². The third kappa shape index (κ3) is 10.7. The maximum atomic E-state index is 8.67. The molecule has 0 amide bonds. The fraction of sp³-hybridized carbons (Fsp3) is 0.429. The van der Waals surface area contributed by atoms with Crippen LogP contribution < -0.4 is 0 Å². The maximum absolute atomic E-state index is 8.67. The van der Waals surface area contributed by atoms with Gasteiger partial charge in [0, 0.05) is 0 Å². The van der Waals surface area contributed by atoms with E-state index in [-0.39, 0.29) is 6.61 Å². The van der Waals surface area contributed by atoms with Crippen molar-refractivity contribution in [3.63, 3.8) is 0 Å². The Morgan fingerprint density at radius 1 is 0.957 bits per heavy atom. The van der Waals surface area contributed by atoms with Crippen LogP contribution in [0.3, 0.4) is 0 Å². The monoisotopic (exact) mass is 314 g/mol. The number of hydrogen-bond acceptors (Lipinski definition) is 2. The van der Waals surface area contributed by atoms with E-state index in [9.17, 15) is 0 Å². The third-order valence-electron chi connectivity index (χ3n) is 3.67. The van der Waals surface area contributed by atoms with E-state index in [2.05, 4.69) is 38.1 Å². The van der Waals surface area contributed by atoms with Crippen LogP contribution in [0.4, 0.5) is 0 Å². The summed E-state index contributed by atoms with van der Waals surface area (Å²) in [4.78, 5) is 0. The zero-order valence-corrected chi connectivity index (χ0v) is 14.5. The molecule has 0 aromatic heterocycles. The summed E-state index contributed by atoms with van der Waals surface area (Å²) in [7, 11) is 0. The smallest absolute Gasteiger partial charge is 0.0721 e. The molecule has 0 saturated heterocycles. The largest absolute Gasteiger partial charge is 0.392 e. The van der Waals surface area contributed by atoms with Gasteiger partial charge in [0.15, 0.2) is 0 Å². The Hall–Kier alpha value is -1.64. The van der Waals surface area contributed by atoms with E-state index in [0.29, 0.717) is 13.2 Å². The summed E-state index contributed by atoms with van der Waals surface area (Å²) < 4.78 is 5.67. The predicted molar refractivity (Wildman–Crippen MR) is 98.3 cm³/mol. The van der Waals surface area contributed by atoms with Gasteiger partial charge in [0.25, 0.3) is 0 Å². The molecule has 2 heteroatoms. The van der Waals surface area contributed by atoms with Crippen LogP contribution in [-0.4, -0.2) is 18.3 Å². The molecule has 1 rings (SSSR count). The Balaban J connectivity index is 2.14. The Kier molecular flexibility index (Phi) is 10.9.